The van der Waals surface area contributed by atoms with Crippen molar-refractivity contribution in [2.45, 2.75) is 65.6 Å². The van der Waals surface area contributed by atoms with Crippen LogP contribution in [-0.4, -0.2) is 52.9 Å². The van der Waals surface area contributed by atoms with Gasteiger partial charge in [-0.15, -0.1) is 0 Å². The molecule has 0 aromatic carbocycles. The summed E-state index contributed by atoms with van der Waals surface area (Å²) in [6.45, 7) is 12.4. The maximum atomic E-state index is 6.14. The number of hydrogen-bond acceptors (Lipinski definition) is 4. The summed E-state index contributed by atoms with van der Waals surface area (Å²) in [6, 6.07) is 0. The fourth-order valence-corrected chi connectivity index (χ4v) is 5.72. The number of hydrogen-bond donors (Lipinski definition) is 0. The monoisotopic (exact) mass is 370 g/mol. The Labute approximate surface area is 161 Å². The van der Waals surface area contributed by atoms with E-state index in [1.165, 1.54) is 25.7 Å². The molecule has 4 heteroatoms. The highest BCUT2D eigenvalue weighted by molar-refractivity contribution is 4.91. The molecule has 2 saturated carbocycles. The summed E-state index contributed by atoms with van der Waals surface area (Å²) in [5, 5.41) is 0. The zero-order valence-electron chi connectivity index (χ0n) is 17.9. The summed E-state index contributed by atoms with van der Waals surface area (Å²) in [6.07, 6.45) is 6.01. The van der Waals surface area contributed by atoms with Gasteiger partial charge < -0.3 is 18.9 Å². The van der Waals surface area contributed by atoms with Gasteiger partial charge in [0.1, 0.15) is 0 Å². The molecule has 0 bridgehead atoms. The maximum Gasteiger partial charge on any atom is 0.0704 e. The van der Waals surface area contributed by atoms with E-state index in [-0.39, 0.29) is 0 Å². The van der Waals surface area contributed by atoms with Crippen LogP contribution in [0.5, 0.6) is 0 Å². The molecule has 2 aliphatic carbocycles. The number of methoxy groups -OCH3 is 2. The van der Waals surface area contributed by atoms with Crippen LogP contribution in [0.1, 0.15) is 53.4 Å². The molecule has 0 spiro atoms. The van der Waals surface area contributed by atoms with E-state index in [0.29, 0.717) is 49.1 Å². The van der Waals surface area contributed by atoms with Crippen LogP contribution < -0.4 is 0 Å². The van der Waals surface area contributed by atoms with Crippen molar-refractivity contribution in [2.24, 2.45) is 35.5 Å². The molecule has 0 amide bonds. The predicted octanol–water partition coefficient (Wildman–Crippen LogP) is 4.41. The molecule has 0 aromatic rings. The fourth-order valence-electron chi connectivity index (χ4n) is 5.72. The quantitative estimate of drug-likeness (QED) is 0.563. The Morgan fingerprint density at radius 1 is 0.538 bits per heavy atom. The molecule has 2 rings (SSSR count). The van der Waals surface area contributed by atoms with Gasteiger partial charge in [0, 0.05) is 14.2 Å². The number of ether oxygens (including phenoxy) is 4. The van der Waals surface area contributed by atoms with Gasteiger partial charge >= 0.3 is 0 Å². The van der Waals surface area contributed by atoms with Crippen LogP contribution in [0.2, 0.25) is 0 Å². The average Bonchev–Trinajstić information content (AvgIpc) is 2.59. The molecular weight excluding hydrogens is 328 g/mol. The summed E-state index contributed by atoms with van der Waals surface area (Å²) >= 11 is 0. The van der Waals surface area contributed by atoms with E-state index >= 15 is 0 Å². The van der Waals surface area contributed by atoms with Gasteiger partial charge in [0.05, 0.1) is 38.6 Å². The topological polar surface area (TPSA) is 36.9 Å². The lowest BCUT2D eigenvalue weighted by Crippen LogP contribution is -2.43. The van der Waals surface area contributed by atoms with Gasteiger partial charge in [-0.2, -0.15) is 0 Å². The Kier molecular flexibility index (Phi) is 9.36. The van der Waals surface area contributed by atoms with Crippen LogP contribution in [0, 0.1) is 35.5 Å². The fraction of sp³-hybridized carbons (Fsp3) is 1.00. The Hall–Kier alpha value is -0.160. The second kappa shape index (κ2) is 11.0. The minimum atomic E-state index is 0.393. The minimum absolute atomic E-state index is 0.393. The van der Waals surface area contributed by atoms with Crippen molar-refractivity contribution in [1.29, 1.82) is 0 Å². The first-order valence-electron chi connectivity index (χ1n) is 10.7. The first kappa shape index (κ1) is 22.1. The molecule has 0 saturated heterocycles. The van der Waals surface area contributed by atoms with E-state index in [4.69, 9.17) is 18.9 Å². The Bertz CT molecular complexity index is 328. The second-order valence-electron chi connectivity index (χ2n) is 9.03. The van der Waals surface area contributed by atoms with Crippen LogP contribution in [0.25, 0.3) is 0 Å². The van der Waals surface area contributed by atoms with Crippen LogP contribution in [-0.2, 0) is 18.9 Å². The summed E-state index contributed by atoms with van der Waals surface area (Å²) in [7, 11) is 3.48. The molecule has 2 aliphatic rings. The van der Waals surface area contributed by atoms with Crippen molar-refractivity contribution >= 4 is 0 Å². The molecule has 0 aliphatic heterocycles. The van der Waals surface area contributed by atoms with E-state index in [1.807, 2.05) is 0 Å². The normalized spacial score (nSPS) is 41.3. The zero-order valence-corrected chi connectivity index (χ0v) is 17.9. The summed E-state index contributed by atoms with van der Waals surface area (Å²) in [5.41, 5.74) is 0. The molecular formula is C22H42O4. The molecule has 4 atom stereocenters. The zero-order chi connectivity index (χ0) is 19.1. The highest BCUT2D eigenvalue weighted by Crippen LogP contribution is 2.46. The van der Waals surface area contributed by atoms with E-state index in [1.54, 1.807) is 14.2 Å². The van der Waals surface area contributed by atoms with Gasteiger partial charge in [0.15, 0.2) is 0 Å². The third kappa shape index (κ3) is 5.92. The average molecular weight is 371 g/mol. The van der Waals surface area contributed by atoms with Gasteiger partial charge in [-0.3, -0.25) is 0 Å². The van der Waals surface area contributed by atoms with Gasteiger partial charge in [0.2, 0.25) is 0 Å². The third-order valence-electron chi connectivity index (χ3n) is 6.80. The van der Waals surface area contributed by atoms with Gasteiger partial charge in [-0.25, -0.2) is 0 Å². The third-order valence-corrected chi connectivity index (χ3v) is 6.80. The van der Waals surface area contributed by atoms with E-state index in [2.05, 4.69) is 27.7 Å². The Balaban J connectivity index is 1.86. The molecule has 2 fully saturated rings. The van der Waals surface area contributed by atoms with Crippen molar-refractivity contribution in [3.63, 3.8) is 0 Å². The van der Waals surface area contributed by atoms with Crippen molar-refractivity contribution < 1.29 is 18.9 Å². The van der Waals surface area contributed by atoms with Crippen LogP contribution in [0.3, 0.4) is 0 Å². The first-order chi connectivity index (χ1) is 12.5. The molecule has 154 valence electrons. The Morgan fingerprint density at radius 3 is 1.12 bits per heavy atom. The van der Waals surface area contributed by atoms with Crippen molar-refractivity contribution in [3.8, 4) is 0 Å². The van der Waals surface area contributed by atoms with Crippen molar-refractivity contribution in [2.75, 3.05) is 40.6 Å². The number of rotatable bonds is 9. The highest BCUT2D eigenvalue weighted by Gasteiger charge is 2.41. The van der Waals surface area contributed by atoms with E-state index in [9.17, 15) is 0 Å². The smallest absolute Gasteiger partial charge is 0.0704 e. The largest absolute Gasteiger partial charge is 0.382 e. The maximum absolute atomic E-state index is 6.14. The summed E-state index contributed by atoms with van der Waals surface area (Å²) in [4.78, 5) is 0. The SMILES string of the molecule is COCCOC1C(C)CC(C2CC(C)C(OCCOC)C(C)C2)CC1C. The lowest BCUT2D eigenvalue weighted by Gasteiger charge is -2.46. The molecule has 0 N–H and O–H groups in total. The first-order valence-corrected chi connectivity index (χ1v) is 10.7. The Morgan fingerprint density at radius 2 is 0.846 bits per heavy atom. The van der Waals surface area contributed by atoms with Crippen molar-refractivity contribution in [3.05, 3.63) is 0 Å². The molecule has 0 radical (unpaired) electrons. The van der Waals surface area contributed by atoms with Crippen LogP contribution >= 0.6 is 0 Å². The minimum Gasteiger partial charge on any atom is -0.382 e. The molecule has 4 unspecified atom stereocenters. The predicted molar refractivity (Wildman–Crippen MR) is 105 cm³/mol. The lowest BCUT2D eigenvalue weighted by atomic mass is 9.63. The van der Waals surface area contributed by atoms with Crippen LogP contribution in [0.15, 0.2) is 0 Å². The molecule has 0 heterocycles. The second-order valence-corrected chi connectivity index (χ2v) is 9.03. The van der Waals surface area contributed by atoms with Crippen molar-refractivity contribution in [1.82, 2.24) is 0 Å². The van der Waals surface area contributed by atoms with E-state index in [0.717, 1.165) is 25.0 Å². The van der Waals surface area contributed by atoms with Crippen LogP contribution in [0.4, 0.5) is 0 Å². The molecule has 0 aromatic heterocycles. The van der Waals surface area contributed by atoms with E-state index < -0.39 is 0 Å². The van der Waals surface area contributed by atoms with Gasteiger partial charge in [-0.05, 0) is 61.2 Å². The lowest BCUT2D eigenvalue weighted by molar-refractivity contribution is -0.0939. The molecule has 26 heavy (non-hydrogen) atoms. The summed E-state index contributed by atoms with van der Waals surface area (Å²) in [5.74, 6) is 4.24. The highest BCUT2D eigenvalue weighted by atomic mass is 16.5. The van der Waals surface area contributed by atoms with Gasteiger partial charge in [0.25, 0.3) is 0 Å². The molecule has 4 nitrogen and oxygen atoms in total. The van der Waals surface area contributed by atoms with Gasteiger partial charge in [-0.1, -0.05) is 27.7 Å². The standard InChI is InChI=1S/C22H42O4/c1-15-11-19(12-16(2)21(15)25-9-7-23-5)20-13-17(3)22(18(4)14-20)26-10-8-24-6/h15-22H,7-14H2,1-6H3. The summed E-state index contributed by atoms with van der Waals surface area (Å²) < 4.78 is 22.6.